The van der Waals surface area contributed by atoms with Crippen LogP contribution in [-0.4, -0.2) is 24.7 Å². The number of nitrogens with zero attached hydrogens (tertiary/aromatic N) is 1. The van der Waals surface area contributed by atoms with Crippen LogP contribution >= 0.6 is 0 Å². The van der Waals surface area contributed by atoms with E-state index < -0.39 is 23.1 Å². The van der Waals surface area contributed by atoms with Crippen LogP contribution in [0.15, 0.2) is 47.7 Å². The Hall–Kier alpha value is -3.53. The molecule has 7 heteroatoms. The average molecular weight is 384 g/mol. The zero-order chi connectivity index (χ0) is 20.7. The predicted molar refractivity (Wildman–Crippen MR) is 104 cm³/mol. The van der Waals surface area contributed by atoms with Crippen LogP contribution in [0.4, 0.5) is 10.1 Å². The van der Waals surface area contributed by atoms with Gasteiger partial charge in [-0.1, -0.05) is 19.1 Å². The summed E-state index contributed by atoms with van der Waals surface area (Å²) >= 11 is 0. The second kappa shape index (κ2) is 9.42. The van der Waals surface area contributed by atoms with E-state index in [9.17, 15) is 14.3 Å². The van der Waals surface area contributed by atoms with E-state index in [4.69, 9.17) is 14.7 Å². The lowest BCUT2D eigenvalue weighted by atomic mass is 10.0. The van der Waals surface area contributed by atoms with E-state index in [0.29, 0.717) is 29.2 Å². The number of halogens is 1. The third-order valence-electron chi connectivity index (χ3n) is 3.86. The highest BCUT2D eigenvalue weighted by molar-refractivity contribution is 6.07. The second-order valence-corrected chi connectivity index (χ2v) is 5.93. The Labute approximate surface area is 162 Å². The summed E-state index contributed by atoms with van der Waals surface area (Å²) in [4.78, 5) is 12.1. The van der Waals surface area contributed by atoms with Crippen LogP contribution in [0, 0.1) is 17.1 Å². The van der Waals surface area contributed by atoms with Gasteiger partial charge >= 0.3 is 0 Å². The first-order valence-electron chi connectivity index (χ1n) is 8.63. The molecule has 0 heterocycles. The molecule has 0 bridgehead atoms. The van der Waals surface area contributed by atoms with Crippen molar-refractivity contribution in [2.24, 2.45) is 0 Å². The molecule has 28 heavy (non-hydrogen) atoms. The minimum atomic E-state index is -0.906. The SMILES string of the molecule is CCCOc1cc(NC(=O)/C(C#N)=C(/C)O)c(F)cc1-c1cccc(OC)c1. The van der Waals surface area contributed by atoms with Crippen molar-refractivity contribution in [2.45, 2.75) is 20.3 Å². The number of carbonyl (C=O) groups is 1. The molecular weight excluding hydrogens is 363 g/mol. The van der Waals surface area contributed by atoms with Crippen molar-refractivity contribution in [3.63, 3.8) is 0 Å². The third-order valence-corrected chi connectivity index (χ3v) is 3.86. The summed E-state index contributed by atoms with van der Waals surface area (Å²) in [7, 11) is 1.54. The van der Waals surface area contributed by atoms with Crippen molar-refractivity contribution in [1.82, 2.24) is 0 Å². The number of aliphatic hydroxyl groups excluding tert-OH is 1. The molecule has 0 spiro atoms. The molecule has 0 saturated carbocycles. The highest BCUT2D eigenvalue weighted by Gasteiger charge is 2.18. The fourth-order valence-electron chi connectivity index (χ4n) is 2.48. The highest BCUT2D eigenvalue weighted by atomic mass is 19.1. The number of rotatable bonds is 7. The quantitative estimate of drug-likeness (QED) is 0.414. The number of anilines is 1. The molecular formula is C21H21FN2O4. The first-order valence-corrected chi connectivity index (χ1v) is 8.63. The van der Waals surface area contributed by atoms with E-state index in [0.717, 1.165) is 6.42 Å². The molecule has 2 aromatic carbocycles. The van der Waals surface area contributed by atoms with Crippen LogP contribution < -0.4 is 14.8 Å². The van der Waals surface area contributed by atoms with Gasteiger partial charge in [-0.15, -0.1) is 0 Å². The molecule has 146 valence electrons. The minimum absolute atomic E-state index is 0.156. The molecule has 0 aromatic heterocycles. The Morgan fingerprint density at radius 1 is 1.32 bits per heavy atom. The molecule has 1 amide bonds. The molecule has 0 aliphatic rings. The first kappa shape index (κ1) is 20.8. The Bertz CT molecular complexity index is 944. The fraction of sp³-hybridized carbons (Fsp3) is 0.238. The van der Waals surface area contributed by atoms with Crippen LogP contribution in [0.3, 0.4) is 0 Å². The fourth-order valence-corrected chi connectivity index (χ4v) is 2.48. The predicted octanol–water partition coefficient (Wildman–Crippen LogP) is 4.58. The molecule has 2 N–H and O–H groups in total. The number of amides is 1. The van der Waals surface area contributed by atoms with E-state index >= 15 is 0 Å². The number of ether oxygens (including phenoxy) is 2. The summed E-state index contributed by atoms with van der Waals surface area (Å²) in [6.07, 6.45) is 0.738. The van der Waals surface area contributed by atoms with E-state index in [1.54, 1.807) is 30.3 Å². The van der Waals surface area contributed by atoms with Gasteiger partial charge in [-0.3, -0.25) is 4.79 Å². The van der Waals surface area contributed by atoms with Gasteiger partial charge in [-0.05, 0) is 37.1 Å². The van der Waals surface area contributed by atoms with Crippen molar-refractivity contribution < 1.29 is 23.8 Å². The van der Waals surface area contributed by atoms with Gasteiger partial charge in [-0.2, -0.15) is 5.26 Å². The lowest BCUT2D eigenvalue weighted by molar-refractivity contribution is -0.112. The van der Waals surface area contributed by atoms with Gasteiger partial charge in [0.25, 0.3) is 5.91 Å². The average Bonchev–Trinajstić information content (AvgIpc) is 2.68. The first-order chi connectivity index (χ1) is 13.4. The molecule has 0 aliphatic heterocycles. The lowest BCUT2D eigenvalue weighted by Gasteiger charge is -2.15. The van der Waals surface area contributed by atoms with Crippen LogP contribution in [0.2, 0.25) is 0 Å². The zero-order valence-corrected chi connectivity index (χ0v) is 15.9. The summed E-state index contributed by atoms with van der Waals surface area (Å²) in [5, 5.41) is 20.7. The normalized spacial score (nSPS) is 11.2. The highest BCUT2D eigenvalue weighted by Crippen LogP contribution is 2.36. The van der Waals surface area contributed by atoms with Gasteiger partial charge in [0.15, 0.2) is 5.57 Å². The number of nitriles is 1. The molecule has 0 atom stereocenters. The van der Waals surface area contributed by atoms with E-state index in [-0.39, 0.29) is 5.69 Å². The van der Waals surface area contributed by atoms with Crippen LogP contribution in [-0.2, 0) is 4.79 Å². The Morgan fingerprint density at radius 2 is 2.07 bits per heavy atom. The molecule has 2 aromatic rings. The molecule has 0 fully saturated rings. The number of methoxy groups -OCH3 is 1. The maximum absolute atomic E-state index is 14.7. The van der Waals surface area contributed by atoms with Crippen molar-refractivity contribution in [2.75, 3.05) is 19.0 Å². The van der Waals surface area contributed by atoms with Gasteiger partial charge < -0.3 is 19.9 Å². The Kier molecular flexibility index (Phi) is 6.99. The largest absolute Gasteiger partial charge is 0.511 e. The van der Waals surface area contributed by atoms with E-state index in [1.807, 2.05) is 6.92 Å². The Balaban J connectivity index is 2.49. The number of hydrogen-bond donors (Lipinski definition) is 2. The number of nitrogens with one attached hydrogen (secondary N) is 1. The van der Waals surface area contributed by atoms with Crippen LogP contribution in [0.1, 0.15) is 20.3 Å². The standard InChI is InChI=1S/C21H21FN2O4/c1-4-8-28-20-11-19(24-21(26)17(12-23)13(2)25)18(22)10-16(20)14-6-5-7-15(9-14)27-3/h5-7,9-11,25H,4,8H2,1-3H3,(H,24,26)/b17-13-. The molecule has 0 aliphatic carbocycles. The molecule has 2 rings (SSSR count). The summed E-state index contributed by atoms with van der Waals surface area (Å²) in [5.41, 5.74) is 0.535. The molecule has 0 radical (unpaired) electrons. The number of benzene rings is 2. The monoisotopic (exact) mass is 384 g/mol. The van der Waals surface area contributed by atoms with Gasteiger partial charge in [0.05, 0.1) is 19.4 Å². The van der Waals surface area contributed by atoms with Gasteiger partial charge in [-0.25, -0.2) is 4.39 Å². The van der Waals surface area contributed by atoms with Gasteiger partial charge in [0, 0.05) is 11.6 Å². The van der Waals surface area contributed by atoms with E-state index in [2.05, 4.69) is 5.32 Å². The third kappa shape index (κ3) is 4.80. The lowest BCUT2D eigenvalue weighted by Crippen LogP contribution is -2.16. The van der Waals surface area contributed by atoms with E-state index in [1.165, 1.54) is 26.2 Å². The summed E-state index contributed by atoms with van der Waals surface area (Å²) in [6.45, 7) is 3.54. The summed E-state index contributed by atoms with van der Waals surface area (Å²) in [6, 6.07) is 11.3. The van der Waals surface area contributed by atoms with Crippen molar-refractivity contribution in [3.05, 3.63) is 53.5 Å². The molecule has 0 unspecified atom stereocenters. The van der Waals surface area contributed by atoms with Crippen molar-refractivity contribution in [3.8, 4) is 28.7 Å². The smallest absolute Gasteiger partial charge is 0.269 e. The van der Waals surface area contributed by atoms with Crippen molar-refractivity contribution in [1.29, 1.82) is 5.26 Å². The topological polar surface area (TPSA) is 91.6 Å². The number of hydrogen-bond acceptors (Lipinski definition) is 5. The number of aliphatic hydroxyl groups is 1. The minimum Gasteiger partial charge on any atom is -0.511 e. The van der Waals surface area contributed by atoms with Crippen LogP contribution in [0.25, 0.3) is 11.1 Å². The molecule has 0 saturated heterocycles. The molecule has 6 nitrogen and oxygen atoms in total. The summed E-state index contributed by atoms with van der Waals surface area (Å²) in [5.74, 6) is -1.08. The van der Waals surface area contributed by atoms with Crippen LogP contribution in [0.5, 0.6) is 11.5 Å². The van der Waals surface area contributed by atoms with Crippen molar-refractivity contribution >= 4 is 11.6 Å². The second-order valence-electron chi connectivity index (χ2n) is 5.93. The van der Waals surface area contributed by atoms with Gasteiger partial charge in [0.2, 0.25) is 0 Å². The maximum atomic E-state index is 14.7. The van der Waals surface area contributed by atoms with Gasteiger partial charge in [0.1, 0.15) is 29.1 Å². The summed E-state index contributed by atoms with van der Waals surface area (Å²) < 4.78 is 25.6. The number of allylic oxidation sites excluding steroid dienone is 1. The Morgan fingerprint density at radius 3 is 2.68 bits per heavy atom. The zero-order valence-electron chi connectivity index (χ0n) is 15.9. The number of carbonyl (C=O) groups excluding carboxylic acids is 1. The maximum Gasteiger partial charge on any atom is 0.269 e.